The Morgan fingerprint density at radius 2 is 1.64 bits per heavy atom. The molecule has 1 aromatic rings. The van der Waals surface area contributed by atoms with E-state index in [2.05, 4.69) is 58.0 Å². The lowest BCUT2D eigenvalue weighted by atomic mass is 9.70. The maximum absolute atomic E-state index is 9.41. The third-order valence-corrected chi connectivity index (χ3v) is 8.19. The first-order valence-corrected chi connectivity index (χ1v) is 13.8. The second-order valence-electron chi connectivity index (χ2n) is 11.0. The van der Waals surface area contributed by atoms with Crippen LogP contribution < -0.4 is 0 Å². The molecule has 1 aliphatic carbocycles. The molecule has 0 saturated heterocycles. The molecule has 33 heavy (non-hydrogen) atoms. The first-order valence-electron chi connectivity index (χ1n) is 13.8. The number of ether oxygens (including phenoxy) is 1. The molecule has 1 aliphatic rings. The average molecular weight is 457 g/mol. The molecule has 0 bridgehead atoms. The summed E-state index contributed by atoms with van der Waals surface area (Å²) in [6.45, 7) is 10.4. The molecule has 0 heterocycles. The molecule has 1 N–H and O–H groups in total. The minimum absolute atomic E-state index is 0.286. The SMILES string of the molecule is CCC(C/C=C(\C)c1ccc(CCCCC(C)C)cc1)C1CCC(C(CCO)COC)CC1. The molecule has 0 aromatic heterocycles. The van der Waals surface area contributed by atoms with Crippen LogP contribution in [-0.2, 0) is 11.2 Å². The van der Waals surface area contributed by atoms with E-state index in [4.69, 9.17) is 4.74 Å². The normalized spacial score (nSPS) is 21.4. The van der Waals surface area contributed by atoms with Crippen molar-refractivity contribution in [3.05, 3.63) is 41.5 Å². The van der Waals surface area contributed by atoms with Crippen molar-refractivity contribution in [2.75, 3.05) is 20.3 Å². The van der Waals surface area contributed by atoms with Crippen molar-refractivity contribution in [3.63, 3.8) is 0 Å². The molecular formula is C31H52O2. The summed E-state index contributed by atoms with van der Waals surface area (Å²) in [5.41, 5.74) is 4.29. The van der Waals surface area contributed by atoms with Crippen LogP contribution in [0, 0.1) is 29.6 Å². The summed E-state index contributed by atoms with van der Waals surface area (Å²) in [4.78, 5) is 0. The fraction of sp³-hybridized carbons (Fsp3) is 0.742. The van der Waals surface area contributed by atoms with E-state index in [1.165, 1.54) is 80.9 Å². The summed E-state index contributed by atoms with van der Waals surface area (Å²) < 4.78 is 5.43. The van der Waals surface area contributed by atoms with Gasteiger partial charge in [-0.25, -0.2) is 0 Å². The number of benzene rings is 1. The minimum atomic E-state index is 0.286. The van der Waals surface area contributed by atoms with E-state index in [1.54, 1.807) is 7.11 Å². The third-order valence-electron chi connectivity index (χ3n) is 8.19. The van der Waals surface area contributed by atoms with E-state index >= 15 is 0 Å². The third kappa shape index (κ3) is 9.95. The standard InChI is InChI=1S/C31H52O2/c1-6-27(29-17-19-30(20-18-29)31(21-22-32)23-33-5)14-11-25(4)28-15-12-26(13-16-28)10-8-7-9-24(2)3/h11-13,15-16,24,27,29-32H,6-10,14,17-23H2,1-5H3/b25-11+. The van der Waals surface area contributed by atoms with E-state index < -0.39 is 0 Å². The maximum Gasteiger partial charge on any atom is 0.0493 e. The average Bonchev–Trinajstić information content (AvgIpc) is 2.82. The monoisotopic (exact) mass is 456 g/mol. The summed E-state index contributed by atoms with van der Waals surface area (Å²) >= 11 is 0. The lowest BCUT2D eigenvalue weighted by molar-refractivity contribution is 0.0703. The fourth-order valence-electron chi connectivity index (χ4n) is 5.88. The Hall–Kier alpha value is -1.12. The minimum Gasteiger partial charge on any atom is -0.396 e. The zero-order valence-corrected chi connectivity index (χ0v) is 22.3. The fourth-order valence-corrected chi connectivity index (χ4v) is 5.88. The van der Waals surface area contributed by atoms with Crippen molar-refractivity contribution < 1.29 is 9.84 Å². The van der Waals surface area contributed by atoms with E-state index in [1.807, 2.05) is 0 Å². The number of aliphatic hydroxyl groups excluding tert-OH is 1. The number of rotatable bonds is 15. The van der Waals surface area contributed by atoms with Gasteiger partial charge >= 0.3 is 0 Å². The molecule has 2 nitrogen and oxygen atoms in total. The number of unbranched alkanes of at least 4 members (excludes halogenated alkanes) is 1. The molecule has 1 saturated carbocycles. The Bertz CT molecular complexity index is 646. The van der Waals surface area contributed by atoms with E-state index in [0.29, 0.717) is 5.92 Å². The van der Waals surface area contributed by atoms with Crippen LogP contribution in [-0.4, -0.2) is 25.4 Å². The number of methoxy groups -OCH3 is 1. The number of aryl methyl sites for hydroxylation is 1. The Morgan fingerprint density at radius 3 is 2.18 bits per heavy atom. The number of hydrogen-bond donors (Lipinski definition) is 1. The van der Waals surface area contributed by atoms with Crippen molar-refractivity contribution in [3.8, 4) is 0 Å². The van der Waals surface area contributed by atoms with Crippen molar-refractivity contribution in [1.82, 2.24) is 0 Å². The van der Waals surface area contributed by atoms with Crippen LogP contribution in [0.3, 0.4) is 0 Å². The zero-order valence-electron chi connectivity index (χ0n) is 22.3. The van der Waals surface area contributed by atoms with Gasteiger partial charge in [-0.1, -0.05) is 70.4 Å². The van der Waals surface area contributed by atoms with E-state index in [9.17, 15) is 5.11 Å². The van der Waals surface area contributed by atoms with Crippen LogP contribution in [0.4, 0.5) is 0 Å². The van der Waals surface area contributed by atoms with Gasteiger partial charge in [-0.3, -0.25) is 0 Å². The highest BCUT2D eigenvalue weighted by Gasteiger charge is 2.30. The molecule has 0 amide bonds. The van der Waals surface area contributed by atoms with Crippen molar-refractivity contribution in [2.45, 2.75) is 98.3 Å². The van der Waals surface area contributed by atoms with Gasteiger partial charge < -0.3 is 9.84 Å². The summed E-state index contributed by atoms with van der Waals surface area (Å²) in [5.74, 6) is 3.72. The van der Waals surface area contributed by atoms with Crippen molar-refractivity contribution in [1.29, 1.82) is 0 Å². The molecule has 0 radical (unpaired) electrons. The number of allylic oxidation sites excluding steroid dienone is 2. The number of hydrogen-bond acceptors (Lipinski definition) is 2. The molecule has 2 heteroatoms. The van der Waals surface area contributed by atoms with Gasteiger partial charge in [0.25, 0.3) is 0 Å². The van der Waals surface area contributed by atoms with Gasteiger partial charge in [-0.2, -0.15) is 0 Å². The molecule has 188 valence electrons. The van der Waals surface area contributed by atoms with Crippen LogP contribution in [0.15, 0.2) is 30.3 Å². The summed E-state index contributed by atoms with van der Waals surface area (Å²) in [6, 6.07) is 9.33. The Kier molecular flexibility index (Phi) is 13.4. The predicted molar refractivity (Wildman–Crippen MR) is 143 cm³/mol. The lowest BCUT2D eigenvalue weighted by Gasteiger charge is -2.36. The molecule has 1 aromatic carbocycles. The smallest absolute Gasteiger partial charge is 0.0493 e. The largest absolute Gasteiger partial charge is 0.396 e. The quantitative estimate of drug-likeness (QED) is 0.269. The summed E-state index contributed by atoms with van der Waals surface area (Å²) in [6.07, 6.45) is 16.3. The van der Waals surface area contributed by atoms with Gasteiger partial charge in [0.1, 0.15) is 0 Å². The maximum atomic E-state index is 9.41. The van der Waals surface area contributed by atoms with E-state index in [0.717, 1.165) is 36.7 Å². The first kappa shape index (κ1) is 28.1. The molecular weight excluding hydrogens is 404 g/mol. The molecule has 0 aliphatic heterocycles. The van der Waals surface area contributed by atoms with Crippen LogP contribution >= 0.6 is 0 Å². The second kappa shape index (κ2) is 15.7. The highest BCUT2D eigenvalue weighted by molar-refractivity contribution is 5.63. The summed E-state index contributed by atoms with van der Waals surface area (Å²) in [7, 11) is 1.79. The van der Waals surface area contributed by atoms with Crippen LogP contribution in [0.25, 0.3) is 5.57 Å². The second-order valence-corrected chi connectivity index (χ2v) is 11.0. The Labute approximate surface area is 205 Å². The Morgan fingerprint density at radius 1 is 1.00 bits per heavy atom. The van der Waals surface area contributed by atoms with Gasteiger partial charge in [0.2, 0.25) is 0 Å². The van der Waals surface area contributed by atoms with Crippen molar-refractivity contribution in [2.24, 2.45) is 29.6 Å². The lowest BCUT2D eigenvalue weighted by Crippen LogP contribution is -2.28. The van der Waals surface area contributed by atoms with Gasteiger partial charge in [0.15, 0.2) is 0 Å². The van der Waals surface area contributed by atoms with Crippen LogP contribution in [0.2, 0.25) is 0 Å². The van der Waals surface area contributed by atoms with Gasteiger partial charge in [-0.15, -0.1) is 0 Å². The number of aliphatic hydroxyl groups is 1. The molecule has 1 fully saturated rings. The van der Waals surface area contributed by atoms with Crippen molar-refractivity contribution >= 4 is 5.57 Å². The van der Waals surface area contributed by atoms with Gasteiger partial charge in [0, 0.05) is 20.3 Å². The molecule has 2 atom stereocenters. The van der Waals surface area contributed by atoms with Crippen LogP contribution in [0.5, 0.6) is 0 Å². The topological polar surface area (TPSA) is 29.5 Å². The highest BCUT2D eigenvalue weighted by atomic mass is 16.5. The van der Waals surface area contributed by atoms with Gasteiger partial charge in [-0.05, 0) is 105 Å². The first-order chi connectivity index (χ1) is 16.0. The molecule has 2 rings (SSSR count). The molecule has 0 spiro atoms. The van der Waals surface area contributed by atoms with Gasteiger partial charge in [0.05, 0.1) is 0 Å². The van der Waals surface area contributed by atoms with E-state index in [-0.39, 0.29) is 6.61 Å². The summed E-state index contributed by atoms with van der Waals surface area (Å²) in [5, 5.41) is 9.41. The zero-order chi connectivity index (χ0) is 24.1. The highest BCUT2D eigenvalue weighted by Crippen LogP contribution is 2.40. The predicted octanol–water partition coefficient (Wildman–Crippen LogP) is 8.33. The molecule has 2 unspecified atom stereocenters. The van der Waals surface area contributed by atoms with Crippen LogP contribution in [0.1, 0.15) is 103 Å². The Balaban J connectivity index is 1.83.